The Kier molecular flexibility index (Phi) is 5.58. The van der Waals surface area contributed by atoms with Gasteiger partial charge in [-0.05, 0) is 21.6 Å². The monoisotopic (exact) mass is 412 g/mol. The average molecular weight is 412 g/mol. The molecule has 32 heavy (non-hydrogen) atoms. The van der Waals surface area contributed by atoms with Crippen molar-refractivity contribution in [3.05, 3.63) is 144 Å². The van der Waals surface area contributed by atoms with Gasteiger partial charge in [-0.25, -0.2) is 0 Å². The zero-order valence-electron chi connectivity index (χ0n) is 17.3. The van der Waals surface area contributed by atoms with E-state index >= 15 is 0 Å². The van der Waals surface area contributed by atoms with Gasteiger partial charge in [0.25, 0.3) is 0 Å². The molecule has 1 heterocycles. The molecule has 0 saturated carbocycles. The fraction of sp³-hybridized carbons (Fsp3) is 0. The second-order valence-corrected chi connectivity index (χ2v) is 7.29. The van der Waals surface area contributed by atoms with Gasteiger partial charge in [0.15, 0.2) is 0 Å². The molecule has 1 aliphatic rings. The third kappa shape index (κ3) is 3.94. The minimum Gasteiger partial charge on any atom is -0.128 e. The number of benzene rings is 4. The summed E-state index contributed by atoms with van der Waals surface area (Å²) < 4.78 is 0. The molecule has 0 aliphatic carbocycles. The fourth-order valence-corrected chi connectivity index (χ4v) is 3.83. The van der Waals surface area contributed by atoms with Crippen LogP contribution in [0.5, 0.6) is 0 Å². The van der Waals surface area contributed by atoms with E-state index in [0.717, 1.165) is 44.8 Å². The van der Waals surface area contributed by atoms with Crippen LogP contribution < -0.4 is 0 Å². The van der Waals surface area contributed by atoms with Crippen molar-refractivity contribution in [3.63, 3.8) is 0 Å². The average Bonchev–Trinajstić information content (AvgIpc) is 2.86. The molecule has 0 aromatic heterocycles. The van der Waals surface area contributed by atoms with Crippen molar-refractivity contribution >= 4 is 22.6 Å². The second kappa shape index (κ2) is 9.14. The van der Waals surface area contributed by atoms with Crippen LogP contribution in [0.15, 0.2) is 142 Å². The predicted molar refractivity (Wildman–Crippen MR) is 131 cm³/mol. The van der Waals surface area contributed by atoms with Gasteiger partial charge in [0.1, 0.15) is 11.4 Å². The highest BCUT2D eigenvalue weighted by Gasteiger charge is 2.24. The highest BCUT2D eigenvalue weighted by atomic mass is 15.5. The van der Waals surface area contributed by atoms with Crippen molar-refractivity contribution in [3.8, 4) is 0 Å². The van der Waals surface area contributed by atoms with Gasteiger partial charge in [-0.15, -0.1) is 10.2 Å². The topological polar surface area (TPSA) is 49.4 Å². The van der Waals surface area contributed by atoms with Gasteiger partial charge in [-0.3, -0.25) is 0 Å². The summed E-state index contributed by atoms with van der Waals surface area (Å²) >= 11 is 0. The molecule has 0 spiro atoms. The van der Waals surface area contributed by atoms with E-state index < -0.39 is 0 Å². The zero-order valence-corrected chi connectivity index (χ0v) is 17.3. The lowest BCUT2D eigenvalue weighted by Gasteiger charge is -2.20. The number of rotatable bonds is 4. The maximum absolute atomic E-state index is 4.53. The molecule has 0 saturated heterocycles. The van der Waals surface area contributed by atoms with E-state index in [0.29, 0.717) is 0 Å². The third-order valence-electron chi connectivity index (χ3n) is 5.27. The molecule has 4 nitrogen and oxygen atoms in total. The lowest BCUT2D eigenvalue weighted by molar-refractivity contribution is 0.957. The van der Waals surface area contributed by atoms with E-state index in [-0.39, 0.29) is 0 Å². The largest absolute Gasteiger partial charge is 0.128 e. The molecule has 0 N–H and O–H groups in total. The SMILES string of the molecule is c1ccc(C2=N/N=N\N=C(\c3ccccc3)C(c3ccccc3)=C2c2ccccc2)cc1. The second-order valence-electron chi connectivity index (χ2n) is 7.29. The van der Waals surface area contributed by atoms with Crippen LogP contribution in [0.1, 0.15) is 22.3 Å². The number of allylic oxidation sites excluding steroid dienone is 2. The fourth-order valence-electron chi connectivity index (χ4n) is 3.83. The molecule has 4 aromatic carbocycles. The molecule has 5 rings (SSSR count). The minimum absolute atomic E-state index is 0.753. The van der Waals surface area contributed by atoms with Crippen LogP contribution >= 0.6 is 0 Å². The van der Waals surface area contributed by atoms with Crippen molar-refractivity contribution in [2.24, 2.45) is 20.6 Å². The first-order valence-electron chi connectivity index (χ1n) is 10.4. The highest BCUT2D eigenvalue weighted by molar-refractivity contribution is 6.49. The Hall–Kier alpha value is -4.44. The summed E-state index contributed by atoms with van der Waals surface area (Å²) in [5.74, 6) is 0. The molecular formula is C28H20N4. The van der Waals surface area contributed by atoms with Gasteiger partial charge in [0.05, 0.1) is 0 Å². The van der Waals surface area contributed by atoms with Crippen LogP contribution in [0.25, 0.3) is 11.1 Å². The van der Waals surface area contributed by atoms with Crippen molar-refractivity contribution in [2.75, 3.05) is 0 Å². The number of hydrogen-bond acceptors (Lipinski definition) is 4. The van der Waals surface area contributed by atoms with Crippen LogP contribution in [0.4, 0.5) is 0 Å². The Bertz CT molecular complexity index is 1220. The van der Waals surface area contributed by atoms with E-state index in [2.05, 4.69) is 44.9 Å². The highest BCUT2D eigenvalue weighted by Crippen LogP contribution is 2.34. The summed E-state index contributed by atoms with van der Waals surface area (Å²) in [5, 5.41) is 17.2. The summed E-state index contributed by atoms with van der Waals surface area (Å²) in [5.41, 5.74) is 7.43. The molecule has 0 amide bonds. The summed E-state index contributed by atoms with van der Waals surface area (Å²) in [6.07, 6.45) is 0. The minimum atomic E-state index is 0.753. The Labute approximate surface area is 187 Å². The smallest absolute Gasteiger partial charge is 0.103 e. The van der Waals surface area contributed by atoms with Gasteiger partial charge in [-0.2, -0.15) is 0 Å². The van der Waals surface area contributed by atoms with Gasteiger partial charge in [0.2, 0.25) is 0 Å². The normalized spacial score (nSPS) is 16.4. The van der Waals surface area contributed by atoms with Crippen LogP contribution in [0.2, 0.25) is 0 Å². The lowest BCUT2D eigenvalue weighted by atomic mass is 9.84. The number of hydrogen-bond donors (Lipinski definition) is 0. The molecule has 152 valence electrons. The van der Waals surface area contributed by atoms with Crippen LogP contribution in [0, 0.1) is 0 Å². The van der Waals surface area contributed by atoms with Crippen molar-refractivity contribution in [2.45, 2.75) is 0 Å². The summed E-state index contributed by atoms with van der Waals surface area (Å²) in [6, 6.07) is 40.7. The lowest BCUT2D eigenvalue weighted by Crippen LogP contribution is -2.14. The standard InChI is InChI=1S/C28H20N4/c1-5-13-21(14-6-1)25-26(22-15-7-2-8-16-22)28(24-19-11-4-12-20-24)30-32-31-29-27(25)23-17-9-3-10-18-23/h1-20H/b26-25?,27-25?,28-26?,29-27-,30-28?,31-29?,32-30?,32-31-. The Morgan fingerprint density at radius 1 is 0.312 bits per heavy atom. The molecule has 4 aromatic rings. The van der Waals surface area contributed by atoms with E-state index in [1.54, 1.807) is 0 Å². The third-order valence-corrected chi connectivity index (χ3v) is 5.27. The Morgan fingerprint density at radius 3 is 0.906 bits per heavy atom. The van der Waals surface area contributed by atoms with Crippen molar-refractivity contribution in [1.29, 1.82) is 0 Å². The molecule has 0 atom stereocenters. The Morgan fingerprint density at radius 2 is 0.594 bits per heavy atom. The predicted octanol–water partition coefficient (Wildman–Crippen LogP) is 6.87. The van der Waals surface area contributed by atoms with Crippen molar-refractivity contribution < 1.29 is 0 Å². The number of nitrogens with zero attached hydrogens (tertiary/aromatic N) is 4. The summed E-state index contributed by atoms with van der Waals surface area (Å²) in [7, 11) is 0. The maximum atomic E-state index is 4.53. The molecule has 4 heteroatoms. The van der Waals surface area contributed by atoms with Crippen LogP contribution in [0.3, 0.4) is 0 Å². The van der Waals surface area contributed by atoms with Gasteiger partial charge >= 0.3 is 0 Å². The summed E-state index contributed by atoms with van der Waals surface area (Å²) in [6.45, 7) is 0. The van der Waals surface area contributed by atoms with Gasteiger partial charge < -0.3 is 0 Å². The van der Waals surface area contributed by atoms with Crippen LogP contribution in [-0.4, -0.2) is 11.4 Å². The van der Waals surface area contributed by atoms with E-state index in [1.165, 1.54) is 0 Å². The maximum Gasteiger partial charge on any atom is 0.103 e. The summed E-state index contributed by atoms with van der Waals surface area (Å²) in [4.78, 5) is 0. The van der Waals surface area contributed by atoms with E-state index in [1.807, 2.05) is 97.1 Å². The first-order valence-corrected chi connectivity index (χ1v) is 10.4. The van der Waals surface area contributed by atoms with Crippen molar-refractivity contribution in [1.82, 2.24) is 0 Å². The van der Waals surface area contributed by atoms with Crippen LogP contribution in [-0.2, 0) is 0 Å². The van der Waals surface area contributed by atoms with E-state index in [4.69, 9.17) is 0 Å². The zero-order chi connectivity index (χ0) is 21.6. The first kappa shape index (κ1) is 19.5. The van der Waals surface area contributed by atoms with Gasteiger partial charge in [0, 0.05) is 22.3 Å². The quantitative estimate of drug-likeness (QED) is 0.351. The molecule has 0 bridgehead atoms. The van der Waals surface area contributed by atoms with Gasteiger partial charge in [-0.1, -0.05) is 121 Å². The molecule has 1 aliphatic heterocycles. The van der Waals surface area contributed by atoms with E-state index in [9.17, 15) is 0 Å². The molecule has 0 unspecified atom stereocenters. The molecular weight excluding hydrogens is 392 g/mol. The first-order chi connectivity index (χ1) is 15.9. The molecule has 0 radical (unpaired) electrons. The molecule has 0 fully saturated rings. The Balaban J connectivity index is 1.89.